The summed E-state index contributed by atoms with van der Waals surface area (Å²) in [7, 11) is -5.17. The molecular weight excluding hydrogens is 434 g/mol. The molecule has 0 saturated carbocycles. The second-order valence-corrected chi connectivity index (χ2v) is 8.10. The molecule has 28 heavy (non-hydrogen) atoms. The molecule has 1 aliphatic rings. The van der Waals surface area contributed by atoms with Gasteiger partial charge in [0.15, 0.2) is 0 Å². The minimum absolute atomic E-state index is 0. The maximum atomic E-state index is 9.92. The van der Waals surface area contributed by atoms with E-state index in [9.17, 15) is 5.11 Å². The molecule has 0 radical (unpaired) electrons. The molecule has 0 fully saturated rings. The maximum Gasteiger partial charge on any atom is 2.00 e. The van der Waals surface area contributed by atoms with Crippen LogP contribution in [0.25, 0.3) is 0 Å². The molecule has 154 valence electrons. The van der Waals surface area contributed by atoms with E-state index in [2.05, 4.69) is 45.9 Å². The zero-order valence-electron chi connectivity index (χ0n) is 17.3. The number of aliphatic hydroxyl groups is 2. The van der Waals surface area contributed by atoms with E-state index in [0.29, 0.717) is 0 Å². The summed E-state index contributed by atoms with van der Waals surface area (Å²) in [5.41, 5.74) is 4.87. The minimum Gasteiger partial charge on any atom is -0.759 e. The van der Waals surface area contributed by atoms with E-state index in [0.717, 1.165) is 18.4 Å². The summed E-state index contributed by atoms with van der Waals surface area (Å²) in [5, 5.41) is 18.7. The summed E-state index contributed by atoms with van der Waals surface area (Å²) in [5.74, 6) is 0. The summed E-state index contributed by atoms with van der Waals surface area (Å²) in [6.45, 7) is 10.6. The smallest absolute Gasteiger partial charge is 0.759 e. The molecule has 0 aromatic rings. The van der Waals surface area contributed by atoms with Gasteiger partial charge in [-0.15, -0.1) is 0 Å². The first-order valence-electron chi connectivity index (χ1n) is 8.62. The van der Waals surface area contributed by atoms with Gasteiger partial charge in [0, 0.05) is 10.4 Å². The number of hydrogen-bond donors (Lipinski definition) is 2. The third-order valence-corrected chi connectivity index (χ3v) is 4.12. The number of rotatable bonds is 5. The van der Waals surface area contributed by atoms with Crippen LogP contribution in [0.5, 0.6) is 0 Å². The van der Waals surface area contributed by atoms with Gasteiger partial charge in [-0.1, -0.05) is 67.0 Å². The third-order valence-electron chi connectivity index (χ3n) is 4.12. The zero-order valence-corrected chi connectivity index (χ0v) is 21.1. The Morgan fingerprint density at radius 2 is 1.75 bits per heavy atom. The maximum absolute atomic E-state index is 9.92. The van der Waals surface area contributed by atoms with Crippen molar-refractivity contribution in [1.29, 1.82) is 0 Å². The molecule has 1 atom stereocenters. The van der Waals surface area contributed by atoms with Crippen LogP contribution in [-0.2, 0) is 29.9 Å². The third kappa shape index (κ3) is 14.2. The number of aliphatic hydroxyl groups excluding tert-OH is 2. The van der Waals surface area contributed by atoms with Crippen LogP contribution in [0.3, 0.4) is 0 Å². The van der Waals surface area contributed by atoms with E-state index < -0.39 is 10.4 Å². The molecule has 0 bridgehead atoms. The van der Waals surface area contributed by atoms with Gasteiger partial charge in [0.2, 0.25) is 0 Å². The standard InChI is InChI=1S/C20H30O2.H2O4S.Zn/c1-15(7-6-8-16(2)11-12-21)9-10-19-17(3)13-18(22)14-20(19,4)5;1-5(2,3)4;/h6-11,18,21-22H,12-14H2,1-5H3;(H2,1,2,3,4);/q;;+2/p-2/b8-6+,10-9+,15-7+,16-11+;;. The molecule has 0 aromatic carbocycles. The number of hydrogen-bond acceptors (Lipinski definition) is 6. The van der Waals surface area contributed by atoms with Crippen LogP contribution in [0, 0.1) is 5.41 Å². The van der Waals surface area contributed by atoms with Crippen LogP contribution < -0.4 is 0 Å². The molecule has 8 heteroatoms. The van der Waals surface area contributed by atoms with Crippen LogP contribution in [0.1, 0.15) is 47.5 Å². The number of allylic oxidation sites excluding steroid dienone is 8. The molecule has 2 N–H and O–H groups in total. The van der Waals surface area contributed by atoms with Crippen molar-refractivity contribution < 1.29 is 47.2 Å². The fourth-order valence-corrected chi connectivity index (χ4v) is 3.01. The van der Waals surface area contributed by atoms with Crippen molar-refractivity contribution in [2.75, 3.05) is 6.61 Å². The Bertz CT molecular complexity index is 735. The van der Waals surface area contributed by atoms with E-state index in [-0.39, 0.29) is 37.6 Å². The van der Waals surface area contributed by atoms with Gasteiger partial charge in [0.05, 0.1) is 12.7 Å². The second kappa shape index (κ2) is 13.4. The topological polar surface area (TPSA) is 121 Å². The second-order valence-electron chi connectivity index (χ2n) is 7.28. The Labute approximate surface area is 181 Å². The molecule has 0 saturated heterocycles. The fourth-order valence-electron chi connectivity index (χ4n) is 3.01. The summed E-state index contributed by atoms with van der Waals surface area (Å²) < 4.78 is 34.1. The molecule has 0 aromatic heterocycles. The molecular formula is C20H30O6SZn. The Balaban J connectivity index is 0. The van der Waals surface area contributed by atoms with Crippen LogP contribution >= 0.6 is 0 Å². The average molecular weight is 464 g/mol. The van der Waals surface area contributed by atoms with Gasteiger partial charge in [0.25, 0.3) is 0 Å². The van der Waals surface area contributed by atoms with Crippen LogP contribution in [0.15, 0.2) is 58.7 Å². The van der Waals surface area contributed by atoms with Gasteiger partial charge in [0.1, 0.15) is 0 Å². The molecule has 1 rings (SSSR count). The van der Waals surface area contributed by atoms with Crippen molar-refractivity contribution in [3.63, 3.8) is 0 Å². The van der Waals surface area contributed by atoms with Gasteiger partial charge in [-0.3, -0.25) is 8.42 Å². The van der Waals surface area contributed by atoms with Crippen LogP contribution in [0.2, 0.25) is 0 Å². The largest absolute Gasteiger partial charge is 2.00 e. The molecule has 0 spiro atoms. The van der Waals surface area contributed by atoms with Crippen molar-refractivity contribution in [2.24, 2.45) is 5.41 Å². The van der Waals surface area contributed by atoms with Crippen molar-refractivity contribution in [3.8, 4) is 0 Å². The van der Waals surface area contributed by atoms with Gasteiger partial charge in [-0.05, 0) is 44.6 Å². The molecule has 0 heterocycles. The summed E-state index contributed by atoms with van der Waals surface area (Å²) >= 11 is 0. The Kier molecular flexibility index (Phi) is 14.0. The van der Waals surface area contributed by atoms with Crippen LogP contribution in [0.4, 0.5) is 0 Å². The molecule has 1 aliphatic carbocycles. The first-order chi connectivity index (χ1) is 12.3. The van der Waals surface area contributed by atoms with E-state index in [1.807, 2.05) is 19.1 Å². The van der Waals surface area contributed by atoms with Crippen LogP contribution in [-0.4, -0.2) is 40.4 Å². The van der Waals surface area contributed by atoms with E-state index in [1.54, 1.807) is 6.08 Å². The predicted octanol–water partition coefficient (Wildman–Crippen LogP) is 3.14. The van der Waals surface area contributed by atoms with E-state index in [1.165, 1.54) is 16.7 Å². The monoisotopic (exact) mass is 462 g/mol. The first kappa shape index (κ1) is 29.3. The Morgan fingerprint density at radius 3 is 2.21 bits per heavy atom. The summed E-state index contributed by atoms with van der Waals surface area (Å²) in [4.78, 5) is 0. The Morgan fingerprint density at radius 1 is 1.21 bits per heavy atom. The average Bonchev–Trinajstić information content (AvgIpc) is 2.43. The van der Waals surface area contributed by atoms with E-state index >= 15 is 0 Å². The van der Waals surface area contributed by atoms with Crippen molar-refractivity contribution in [1.82, 2.24) is 0 Å². The summed E-state index contributed by atoms with van der Waals surface area (Å²) in [6, 6.07) is 0. The SMILES string of the molecule is CC1=C(/C=C/C(C)=C/C=C/C(C)=C/CO)C(C)(C)CC(O)C1.O=S(=O)([O-])[O-].[Zn+2]. The zero-order chi connectivity index (χ0) is 21.3. The molecule has 6 nitrogen and oxygen atoms in total. The summed E-state index contributed by atoms with van der Waals surface area (Å²) in [6.07, 6.45) is 13.5. The first-order valence-corrected chi connectivity index (χ1v) is 9.95. The van der Waals surface area contributed by atoms with Gasteiger partial charge in [-0.25, -0.2) is 0 Å². The molecule has 0 amide bonds. The van der Waals surface area contributed by atoms with Crippen molar-refractivity contribution in [3.05, 3.63) is 58.7 Å². The van der Waals surface area contributed by atoms with Gasteiger partial charge < -0.3 is 19.3 Å². The van der Waals surface area contributed by atoms with Gasteiger partial charge in [-0.2, -0.15) is 0 Å². The van der Waals surface area contributed by atoms with Crippen molar-refractivity contribution >= 4 is 10.4 Å². The normalized spacial score (nSPS) is 20.8. The Hall–Kier alpha value is -0.887. The molecule has 1 unspecified atom stereocenters. The van der Waals surface area contributed by atoms with Crippen molar-refractivity contribution in [2.45, 2.75) is 53.6 Å². The molecule has 0 aliphatic heterocycles. The quantitative estimate of drug-likeness (QED) is 0.279. The van der Waals surface area contributed by atoms with Gasteiger partial charge >= 0.3 is 19.5 Å². The minimum atomic E-state index is -5.17. The van der Waals surface area contributed by atoms with E-state index in [4.69, 9.17) is 22.6 Å². The predicted molar refractivity (Wildman–Crippen MR) is 105 cm³/mol. The fraction of sp³-hybridized carbons (Fsp3) is 0.500.